The van der Waals surface area contributed by atoms with Gasteiger partial charge in [0, 0.05) is 0 Å². The van der Waals surface area contributed by atoms with Crippen LogP contribution in [0.25, 0.3) is 0 Å². The zero-order valence-corrected chi connectivity index (χ0v) is 19.9. The second kappa shape index (κ2) is 9.56. The zero-order chi connectivity index (χ0) is 33.6. The monoisotopic (exact) mass is 714 g/mol. The van der Waals surface area contributed by atoms with Gasteiger partial charge >= 0.3 is 66.2 Å². The summed E-state index contributed by atoms with van der Waals surface area (Å²) < 4.78 is 318. The van der Waals surface area contributed by atoms with Gasteiger partial charge in [-0.15, -0.1) is 22.2 Å². The molecule has 0 rings (SSSR count). The molecule has 0 aromatic heterocycles. The van der Waals surface area contributed by atoms with E-state index in [1.54, 1.807) is 0 Å². The molecule has 0 bridgehead atoms. The molecule has 242 valence electrons. The molecule has 0 radical (unpaired) electrons. The molecule has 0 N–H and O–H groups in total. The zero-order valence-electron chi connectivity index (χ0n) is 17.4. The minimum absolute atomic E-state index is 0.322. The Kier molecular flexibility index (Phi) is 9.35. The van der Waals surface area contributed by atoms with Gasteiger partial charge in [-0.2, -0.15) is 92.2 Å². The fourth-order valence-electron chi connectivity index (χ4n) is 2.18. The predicted molar refractivity (Wildman–Crippen MR) is 83.7 cm³/mol. The summed E-state index contributed by atoms with van der Waals surface area (Å²) in [7, 11) is 0. The standard InChI is InChI=1S/C13H4Cl2F24Si/c1-40(14,15)4(19,20)2(16)3(17,18)5(21,22)6(23,24)7(25,26)8(27,28)9(29,30)10(31,32)11(33,34)12(35,36)13(37,38)39/h2H,1H3. The van der Waals surface area contributed by atoms with Crippen LogP contribution in [0.15, 0.2) is 0 Å². The van der Waals surface area contributed by atoms with Gasteiger partial charge in [0.15, 0.2) is 0 Å². The summed E-state index contributed by atoms with van der Waals surface area (Å²) in [5.74, 6) is -81.5. The summed E-state index contributed by atoms with van der Waals surface area (Å²) in [6.45, 7) is -6.33. The number of rotatable bonds is 11. The van der Waals surface area contributed by atoms with Crippen LogP contribution in [-0.4, -0.2) is 77.9 Å². The summed E-state index contributed by atoms with van der Waals surface area (Å²) >= 11 is 9.12. The second-order valence-electron chi connectivity index (χ2n) is 7.59. The van der Waals surface area contributed by atoms with Gasteiger partial charge in [0.2, 0.25) is 6.17 Å². The van der Waals surface area contributed by atoms with Crippen LogP contribution in [0.3, 0.4) is 0 Å². The van der Waals surface area contributed by atoms with Crippen molar-refractivity contribution >= 4 is 28.9 Å². The molecule has 0 aromatic carbocycles. The maximum absolute atomic E-state index is 13.6. The van der Waals surface area contributed by atoms with E-state index in [-0.39, 0.29) is 6.55 Å². The van der Waals surface area contributed by atoms with Crippen LogP contribution in [0.4, 0.5) is 105 Å². The van der Waals surface area contributed by atoms with E-state index in [0.29, 0.717) is 0 Å². The second-order valence-corrected chi connectivity index (χ2v) is 15.1. The van der Waals surface area contributed by atoms with Gasteiger partial charge in [-0.3, -0.25) is 0 Å². The average molecular weight is 715 g/mol. The third kappa shape index (κ3) is 4.74. The van der Waals surface area contributed by atoms with Crippen molar-refractivity contribution in [3.8, 4) is 0 Å². The van der Waals surface area contributed by atoms with Crippen molar-refractivity contribution in [1.82, 2.24) is 0 Å². The molecule has 0 heterocycles. The molecule has 0 aromatic rings. The fourth-order valence-corrected chi connectivity index (χ4v) is 3.38. The van der Waals surface area contributed by atoms with E-state index in [9.17, 15) is 105 Å². The quantitative estimate of drug-likeness (QED) is 0.114. The molecule has 0 nitrogen and oxygen atoms in total. The average Bonchev–Trinajstić information content (AvgIpc) is 2.70. The Morgan fingerprint density at radius 1 is 0.400 bits per heavy atom. The topological polar surface area (TPSA) is 0 Å². The molecule has 0 aliphatic heterocycles. The van der Waals surface area contributed by atoms with Crippen molar-refractivity contribution in [2.24, 2.45) is 0 Å². The molecule has 0 aliphatic rings. The summed E-state index contributed by atoms with van der Waals surface area (Å²) in [6, 6.07) is 0. The van der Waals surface area contributed by atoms with Crippen molar-refractivity contribution in [3.05, 3.63) is 0 Å². The minimum Gasteiger partial charge on any atom is -0.234 e. The Hall–Kier alpha value is -0.883. The maximum atomic E-state index is 13.6. The van der Waals surface area contributed by atoms with Gasteiger partial charge in [-0.25, -0.2) is 13.2 Å². The lowest BCUT2D eigenvalue weighted by Crippen LogP contribution is -2.77. The van der Waals surface area contributed by atoms with Crippen LogP contribution in [0.5, 0.6) is 0 Å². The highest BCUT2D eigenvalue weighted by Crippen LogP contribution is 2.67. The predicted octanol–water partition coefficient (Wildman–Crippen LogP) is 9.33. The summed E-state index contributed by atoms with van der Waals surface area (Å²) in [5.41, 5.74) is -6.35. The minimum atomic E-state index is -9.48. The van der Waals surface area contributed by atoms with Crippen molar-refractivity contribution in [2.45, 2.75) is 77.7 Å². The summed E-state index contributed by atoms with van der Waals surface area (Å²) in [6.07, 6.45) is -14.4. The lowest BCUT2D eigenvalue weighted by atomic mass is 9.85. The highest BCUT2D eigenvalue weighted by atomic mass is 35.7. The van der Waals surface area contributed by atoms with Crippen LogP contribution < -0.4 is 0 Å². The first-order valence-corrected chi connectivity index (χ1v) is 13.0. The highest BCUT2D eigenvalue weighted by Gasteiger charge is 2.98. The summed E-state index contributed by atoms with van der Waals surface area (Å²) in [4.78, 5) is 0. The van der Waals surface area contributed by atoms with Gasteiger partial charge < -0.3 is 0 Å². The first kappa shape index (κ1) is 39.1. The molecule has 0 spiro atoms. The fraction of sp³-hybridized carbons (Fsp3) is 1.00. The molecule has 0 amide bonds. The molecule has 0 saturated heterocycles. The largest absolute Gasteiger partial charge is 0.460 e. The van der Waals surface area contributed by atoms with Crippen molar-refractivity contribution in [1.29, 1.82) is 0 Å². The molecule has 0 aliphatic carbocycles. The summed E-state index contributed by atoms with van der Waals surface area (Å²) in [5, 5.41) is 0. The number of hydrogen-bond donors (Lipinski definition) is 0. The van der Waals surface area contributed by atoms with E-state index >= 15 is 0 Å². The Morgan fingerprint density at radius 3 is 0.800 bits per heavy atom. The SMILES string of the molecule is C[Si](Cl)(Cl)C(F)(F)C(F)C(F)(F)C(F)(F)C(F)(F)C(F)(F)C(F)(F)C(F)(F)C(F)(F)C(F)(F)C(F)(F)C(F)(F)F. The molecule has 40 heavy (non-hydrogen) atoms. The van der Waals surface area contributed by atoms with E-state index in [0.717, 1.165) is 0 Å². The van der Waals surface area contributed by atoms with E-state index < -0.39 is 77.9 Å². The Morgan fingerprint density at radius 2 is 0.600 bits per heavy atom. The van der Waals surface area contributed by atoms with E-state index in [4.69, 9.17) is 0 Å². The Balaban J connectivity index is 7.25. The van der Waals surface area contributed by atoms with Crippen LogP contribution >= 0.6 is 22.2 Å². The molecule has 1 atom stereocenters. The normalized spacial score (nSPS) is 17.8. The van der Waals surface area contributed by atoms with Crippen molar-refractivity contribution in [3.63, 3.8) is 0 Å². The number of alkyl halides is 24. The van der Waals surface area contributed by atoms with Crippen molar-refractivity contribution in [2.75, 3.05) is 0 Å². The third-order valence-electron chi connectivity index (χ3n) is 4.76. The lowest BCUT2D eigenvalue weighted by Gasteiger charge is -2.45. The molecule has 27 heteroatoms. The Labute approximate surface area is 212 Å². The van der Waals surface area contributed by atoms with Crippen LogP contribution in [0, 0.1) is 0 Å². The first-order chi connectivity index (χ1) is 16.7. The Bertz CT molecular complexity index is 928. The smallest absolute Gasteiger partial charge is 0.234 e. The molecule has 0 saturated carbocycles. The molecule has 0 fully saturated rings. The van der Waals surface area contributed by atoms with Gasteiger partial charge in [0.05, 0.1) is 0 Å². The highest BCUT2D eigenvalue weighted by molar-refractivity contribution is 7.45. The number of halogens is 26. The first-order valence-electron chi connectivity index (χ1n) is 8.52. The van der Waals surface area contributed by atoms with Gasteiger partial charge in [0.25, 0.3) is 5.55 Å². The molecular formula is C13H4Cl2F24Si. The van der Waals surface area contributed by atoms with E-state index in [1.807, 2.05) is 0 Å². The third-order valence-corrected chi connectivity index (χ3v) is 7.69. The van der Waals surface area contributed by atoms with Gasteiger partial charge in [0.1, 0.15) is 0 Å². The van der Waals surface area contributed by atoms with Gasteiger partial charge in [-0.1, -0.05) is 0 Å². The lowest BCUT2D eigenvalue weighted by molar-refractivity contribution is -0.475. The van der Waals surface area contributed by atoms with E-state index in [2.05, 4.69) is 22.2 Å². The van der Waals surface area contributed by atoms with Crippen molar-refractivity contribution < 1.29 is 105 Å². The van der Waals surface area contributed by atoms with Gasteiger partial charge in [-0.05, 0) is 6.55 Å². The van der Waals surface area contributed by atoms with Crippen LogP contribution in [-0.2, 0) is 0 Å². The maximum Gasteiger partial charge on any atom is 0.460 e. The number of hydrogen-bond acceptors (Lipinski definition) is 0. The van der Waals surface area contributed by atoms with Crippen LogP contribution in [0.2, 0.25) is 6.55 Å². The molecular weight excluding hydrogens is 711 g/mol. The van der Waals surface area contributed by atoms with E-state index in [1.165, 1.54) is 0 Å². The molecule has 1 unspecified atom stereocenters. The van der Waals surface area contributed by atoms with Crippen LogP contribution in [0.1, 0.15) is 0 Å².